The molecule has 0 bridgehead atoms. The van der Waals surface area contributed by atoms with Crippen LogP contribution in [0, 0.1) is 6.92 Å². The second-order valence-corrected chi connectivity index (χ2v) is 9.67. The van der Waals surface area contributed by atoms with Crippen LogP contribution in [0.4, 0.5) is 5.82 Å². The summed E-state index contributed by atoms with van der Waals surface area (Å²) in [6.07, 6.45) is 4.40. The molecule has 3 heterocycles. The molecule has 2 N–H and O–H groups in total. The normalized spacial score (nSPS) is 16.1. The SMILES string of the molecule is CC[C@H](COC)Nc1ncnc2sc(C(=O)NC3CCN(Cc4ccccc4)CC3)c(C)c12. The number of rotatable bonds is 9. The molecule has 176 valence electrons. The fraction of sp³-hybridized carbons (Fsp3) is 0.480. The van der Waals surface area contributed by atoms with Crippen molar-refractivity contribution in [3.8, 4) is 0 Å². The molecule has 1 aromatic carbocycles. The minimum atomic E-state index is -0.00751. The molecule has 4 rings (SSSR count). The molecule has 1 aliphatic heterocycles. The number of likely N-dealkylation sites (tertiary alicyclic amines) is 1. The van der Waals surface area contributed by atoms with Gasteiger partial charge in [-0.05, 0) is 37.3 Å². The van der Waals surface area contributed by atoms with Gasteiger partial charge in [-0.1, -0.05) is 37.3 Å². The number of anilines is 1. The van der Waals surface area contributed by atoms with Gasteiger partial charge in [-0.15, -0.1) is 11.3 Å². The zero-order valence-corrected chi connectivity index (χ0v) is 20.5. The molecule has 1 fully saturated rings. The number of benzene rings is 1. The number of fused-ring (bicyclic) bond motifs is 1. The standard InChI is InChI=1S/C25H33N5O2S/c1-4-19(15-32-3)28-23-21-17(2)22(33-25(21)27-16-26-23)24(31)29-20-10-12-30(13-11-20)14-18-8-6-5-7-9-18/h5-9,16,19-20H,4,10-15H2,1-3H3,(H,29,31)(H,26,27,28)/t19-/m1/s1. The van der Waals surface area contributed by atoms with E-state index in [0.29, 0.717) is 6.61 Å². The molecule has 0 radical (unpaired) electrons. The molecule has 0 aliphatic carbocycles. The highest BCUT2D eigenvalue weighted by atomic mass is 32.1. The van der Waals surface area contributed by atoms with Gasteiger partial charge in [0.25, 0.3) is 5.91 Å². The molecule has 2 aromatic heterocycles. The average molecular weight is 468 g/mol. The summed E-state index contributed by atoms with van der Waals surface area (Å²) in [5.74, 6) is 0.762. The Kier molecular flexibility index (Phi) is 7.90. The van der Waals surface area contributed by atoms with Crippen molar-refractivity contribution in [2.75, 3.05) is 32.1 Å². The first-order valence-corrected chi connectivity index (χ1v) is 12.5. The minimum absolute atomic E-state index is 0.00751. The van der Waals surface area contributed by atoms with E-state index >= 15 is 0 Å². The Balaban J connectivity index is 1.40. The number of ether oxygens (including phenoxy) is 1. The van der Waals surface area contributed by atoms with E-state index in [2.05, 4.69) is 56.7 Å². The molecule has 3 aromatic rings. The van der Waals surface area contributed by atoms with Crippen molar-refractivity contribution >= 4 is 33.3 Å². The second-order valence-electron chi connectivity index (χ2n) is 8.67. The van der Waals surface area contributed by atoms with E-state index in [1.165, 1.54) is 16.9 Å². The van der Waals surface area contributed by atoms with Crippen LogP contribution in [-0.2, 0) is 11.3 Å². The van der Waals surface area contributed by atoms with Gasteiger partial charge in [0.05, 0.1) is 22.9 Å². The Morgan fingerprint density at radius 1 is 1.24 bits per heavy atom. The van der Waals surface area contributed by atoms with Gasteiger partial charge in [0.1, 0.15) is 17.0 Å². The highest BCUT2D eigenvalue weighted by molar-refractivity contribution is 7.20. The van der Waals surface area contributed by atoms with Crippen molar-refractivity contribution in [3.05, 3.63) is 52.7 Å². The van der Waals surface area contributed by atoms with Gasteiger partial charge in [-0.3, -0.25) is 9.69 Å². The van der Waals surface area contributed by atoms with Crippen LogP contribution in [0.3, 0.4) is 0 Å². The molecule has 8 heteroatoms. The van der Waals surface area contributed by atoms with Gasteiger partial charge in [-0.2, -0.15) is 0 Å². The molecule has 1 aliphatic rings. The Labute approximate surface area is 199 Å². The van der Waals surface area contributed by atoms with Crippen molar-refractivity contribution < 1.29 is 9.53 Å². The lowest BCUT2D eigenvalue weighted by Crippen LogP contribution is -2.44. The third-order valence-corrected chi connectivity index (χ3v) is 7.50. The number of methoxy groups -OCH3 is 1. The summed E-state index contributed by atoms with van der Waals surface area (Å²) >= 11 is 1.44. The zero-order chi connectivity index (χ0) is 23.2. The van der Waals surface area contributed by atoms with Crippen LogP contribution in [-0.4, -0.2) is 59.7 Å². The molecule has 1 saturated heterocycles. The lowest BCUT2D eigenvalue weighted by molar-refractivity contribution is 0.0912. The van der Waals surface area contributed by atoms with E-state index in [-0.39, 0.29) is 18.0 Å². The minimum Gasteiger partial charge on any atom is -0.383 e. The van der Waals surface area contributed by atoms with E-state index in [4.69, 9.17) is 4.74 Å². The number of amides is 1. The second kappa shape index (κ2) is 11.0. The first-order valence-electron chi connectivity index (χ1n) is 11.7. The summed E-state index contributed by atoms with van der Waals surface area (Å²) in [5, 5.41) is 7.66. The van der Waals surface area contributed by atoms with Gasteiger partial charge in [-0.25, -0.2) is 9.97 Å². The first kappa shape index (κ1) is 23.6. The van der Waals surface area contributed by atoms with Crippen LogP contribution in [0.15, 0.2) is 36.7 Å². The maximum atomic E-state index is 13.2. The van der Waals surface area contributed by atoms with Gasteiger partial charge < -0.3 is 15.4 Å². The van der Waals surface area contributed by atoms with Crippen LogP contribution >= 0.6 is 11.3 Å². The number of carbonyl (C=O) groups is 1. The number of hydrogen-bond acceptors (Lipinski definition) is 7. The number of nitrogens with zero attached hydrogens (tertiary/aromatic N) is 3. The highest BCUT2D eigenvalue weighted by Crippen LogP contribution is 2.33. The van der Waals surface area contributed by atoms with Crippen molar-refractivity contribution in [1.82, 2.24) is 20.2 Å². The topological polar surface area (TPSA) is 79.4 Å². The lowest BCUT2D eigenvalue weighted by atomic mass is 10.0. The Morgan fingerprint density at radius 2 is 2.00 bits per heavy atom. The molecule has 0 saturated carbocycles. The summed E-state index contributed by atoms with van der Waals surface area (Å²) in [5.41, 5.74) is 2.27. The highest BCUT2D eigenvalue weighted by Gasteiger charge is 2.25. The maximum Gasteiger partial charge on any atom is 0.261 e. The third-order valence-electron chi connectivity index (χ3n) is 6.31. The van der Waals surface area contributed by atoms with Crippen molar-refractivity contribution in [2.24, 2.45) is 0 Å². The van der Waals surface area contributed by atoms with Crippen LogP contribution in [0.5, 0.6) is 0 Å². The average Bonchev–Trinajstić information content (AvgIpc) is 3.18. The van der Waals surface area contributed by atoms with E-state index in [0.717, 1.165) is 65.4 Å². The van der Waals surface area contributed by atoms with Crippen molar-refractivity contribution in [2.45, 2.75) is 51.7 Å². The van der Waals surface area contributed by atoms with E-state index in [9.17, 15) is 4.79 Å². The number of hydrogen-bond donors (Lipinski definition) is 2. The van der Waals surface area contributed by atoms with Crippen molar-refractivity contribution in [3.63, 3.8) is 0 Å². The number of aryl methyl sites for hydroxylation is 1. The predicted octanol–water partition coefficient (Wildman–Crippen LogP) is 4.23. The molecule has 0 unspecified atom stereocenters. The summed E-state index contributed by atoms with van der Waals surface area (Å²) in [6.45, 7) is 7.64. The largest absolute Gasteiger partial charge is 0.383 e. The summed E-state index contributed by atoms with van der Waals surface area (Å²) in [4.78, 5) is 26.1. The molecular formula is C25H33N5O2S. The van der Waals surface area contributed by atoms with E-state index < -0.39 is 0 Å². The van der Waals surface area contributed by atoms with E-state index in [1.807, 2.05) is 13.0 Å². The Bertz CT molecular complexity index is 1060. The molecule has 1 atom stereocenters. The fourth-order valence-corrected chi connectivity index (χ4v) is 5.43. The molecule has 0 spiro atoms. The summed E-state index contributed by atoms with van der Waals surface area (Å²) in [7, 11) is 1.70. The Hall–Kier alpha value is -2.55. The first-order chi connectivity index (χ1) is 16.1. The van der Waals surface area contributed by atoms with Gasteiger partial charge in [0.2, 0.25) is 0 Å². The van der Waals surface area contributed by atoms with Crippen LogP contribution in [0.1, 0.15) is 47.0 Å². The smallest absolute Gasteiger partial charge is 0.261 e. The molecule has 1 amide bonds. The third kappa shape index (κ3) is 5.69. The lowest BCUT2D eigenvalue weighted by Gasteiger charge is -2.32. The number of piperidine rings is 1. The fourth-order valence-electron chi connectivity index (χ4n) is 4.38. The quantitative estimate of drug-likeness (QED) is 0.490. The zero-order valence-electron chi connectivity index (χ0n) is 19.6. The van der Waals surface area contributed by atoms with Gasteiger partial charge in [0.15, 0.2) is 0 Å². The predicted molar refractivity (Wildman–Crippen MR) is 134 cm³/mol. The molecular weight excluding hydrogens is 434 g/mol. The number of nitrogens with one attached hydrogen (secondary N) is 2. The number of aromatic nitrogens is 2. The van der Waals surface area contributed by atoms with Crippen LogP contribution in [0.25, 0.3) is 10.2 Å². The van der Waals surface area contributed by atoms with E-state index in [1.54, 1.807) is 13.4 Å². The number of carbonyl (C=O) groups excluding carboxylic acids is 1. The molecule has 33 heavy (non-hydrogen) atoms. The van der Waals surface area contributed by atoms with Crippen molar-refractivity contribution in [1.29, 1.82) is 0 Å². The number of thiophene rings is 1. The van der Waals surface area contributed by atoms with Crippen LogP contribution < -0.4 is 10.6 Å². The van der Waals surface area contributed by atoms with Gasteiger partial charge >= 0.3 is 0 Å². The Morgan fingerprint density at radius 3 is 2.70 bits per heavy atom. The monoisotopic (exact) mass is 467 g/mol. The molecule has 7 nitrogen and oxygen atoms in total. The summed E-state index contributed by atoms with van der Waals surface area (Å²) < 4.78 is 5.31. The maximum absolute atomic E-state index is 13.2. The van der Waals surface area contributed by atoms with Crippen LogP contribution in [0.2, 0.25) is 0 Å². The van der Waals surface area contributed by atoms with Gasteiger partial charge in [0, 0.05) is 32.8 Å². The summed E-state index contributed by atoms with van der Waals surface area (Å²) in [6, 6.07) is 10.9.